The van der Waals surface area contributed by atoms with Crippen LogP contribution in [0.25, 0.3) is 27.6 Å². The van der Waals surface area contributed by atoms with Crippen LogP contribution >= 0.6 is 11.3 Å². The molecule has 2 aliphatic carbocycles. The number of fused-ring (bicyclic) bond motifs is 2. The zero-order valence-electron chi connectivity index (χ0n) is 24.1. The Balaban J connectivity index is 1.49. The number of hydrogen-bond donors (Lipinski definition) is 1. The van der Waals surface area contributed by atoms with E-state index in [1.807, 2.05) is 26.0 Å². The summed E-state index contributed by atoms with van der Waals surface area (Å²) in [6.45, 7) is 6.96. The molecule has 220 valence electrons. The maximum absolute atomic E-state index is 14.0. The van der Waals surface area contributed by atoms with Crippen molar-refractivity contribution in [1.82, 2.24) is 14.0 Å². The van der Waals surface area contributed by atoms with E-state index >= 15 is 0 Å². The number of aromatic nitrogens is 1. The maximum atomic E-state index is 14.0. The number of amides is 1. The van der Waals surface area contributed by atoms with Crippen LogP contribution in [-0.4, -0.2) is 56.0 Å². The highest BCUT2D eigenvalue weighted by atomic mass is 32.2. The van der Waals surface area contributed by atoms with E-state index in [2.05, 4.69) is 42.0 Å². The van der Waals surface area contributed by atoms with Crippen LogP contribution in [0.4, 0.5) is 0 Å². The number of benzene rings is 1. The van der Waals surface area contributed by atoms with Gasteiger partial charge in [-0.2, -0.15) is 12.7 Å². The number of thiophene rings is 1. The molecule has 1 atom stereocenters. The summed E-state index contributed by atoms with van der Waals surface area (Å²) in [5.41, 5.74) is 5.85. The Bertz CT molecular complexity index is 1750. The number of carbonyl (C=O) groups excluding carboxylic acids is 1. The van der Waals surface area contributed by atoms with E-state index in [1.54, 1.807) is 17.4 Å². The van der Waals surface area contributed by atoms with E-state index in [4.69, 9.17) is 14.5 Å². The number of allylic oxidation sites excluding steroid dienone is 3. The van der Waals surface area contributed by atoms with E-state index in [9.17, 15) is 13.2 Å². The first-order valence-corrected chi connectivity index (χ1v) is 16.7. The number of nitrogens with one attached hydrogen (secondary N) is 1. The van der Waals surface area contributed by atoms with E-state index in [1.165, 1.54) is 14.7 Å². The van der Waals surface area contributed by atoms with Crippen molar-refractivity contribution >= 4 is 44.4 Å². The maximum Gasteiger partial charge on any atom is 0.304 e. The molecule has 6 rings (SSSR count). The van der Waals surface area contributed by atoms with Crippen molar-refractivity contribution in [2.75, 3.05) is 26.3 Å². The number of aryl methyl sites for hydroxylation is 1. The first-order valence-electron chi connectivity index (χ1n) is 14.4. The molecule has 3 heterocycles. The monoisotopic (exact) mass is 605 g/mol. The molecule has 0 bridgehead atoms. The zero-order valence-corrected chi connectivity index (χ0v) is 25.7. The third kappa shape index (κ3) is 5.56. The molecular weight excluding hydrogens is 571 g/mol. The number of morpholine rings is 1. The quantitative estimate of drug-likeness (QED) is 0.361. The summed E-state index contributed by atoms with van der Waals surface area (Å²) >= 11 is 1.65. The Morgan fingerprint density at radius 1 is 1.12 bits per heavy atom. The molecule has 3 aromatic rings. The van der Waals surface area contributed by atoms with Crippen molar-refractivity contribution in [1.29, 1.82) is 0 Å². The molecule has 1 aliphatic heterocycles. The number of pyridine rings is 1. The molecule has 1 fully saturated rings. The second-order valence-electron chi connectivity index (χ2n) is 10.9. The summed E-state index contributed by atoms with van der Waals surface area (Å²) in [5, 5.41) is 0.500. The summed E-state index contributed by atoms with van der Waals surface area (Å²) in [6.07, 6.45) is 14.3. The smallest absolute Gasteiger partial charge is 0.304 e. The minimum Gasteiger partial charge on any atom is -0.485 e. The number of ether oxygens (including phenoxy) is 2. The van der Waals surface area contributed by atoms with Crippen LogP contribution in [0, 0.1) is 13.8 Å². The summed E-state index contributed by atoms with van der Waals surface area (Å²) < 4.78 is 41.9. The van der Waals surface area contributed by atoms with Crippen molar-refractivity contribution in [3.05, 3.63) is 75.2 Å². The molecule has 3 aliphatic rings. The van der Waals surface area contributed by atoms with E-state index in [0.29, 0.717) is 22.3 Å². The molecule has 1 aromatic carbocycles. The number of rotatable bonds is 7. The molecule has 0 saturated carbocycles. The molecule has 1 N–H and O–H groups in total. The fourth-order valence-corrected chi connectivity index (χ4v) is 8.08. The standard InChI is InChI=1S/C32H35N3O5S2/c1-20-13-14-27(40-22(3)23-9-5-4-6-10-23)29-25(32(36)34-42(37,38)35-15-17-39-18-16-35)19-26(33-30(20)29)31-21(2)24-11-7-8-12-28(24)41-31/h5,8-10,12-14,19,22H,4,6-7,11,15-18H2,1-3H3,(H,34,36). The lowest BCUT2D eigenvalue weighted by atomic mass is 9.98. The Labute approximate surface area is 250 Å². The van der Waals surface area contributed by atoms with Crippen molar-refractivity contribution in [2.24, 2.45) is 0 Å². The largest absolute Gasteiger partial charge is 0.485 e. The topological polar surface area (TPSA) is 97.8 Å². The van der Waals surface area contributed by atoms with Crippen LogP contribution in [0.3, 0.4) is 0 Å². The lowest BCUT2D eigenvalue weighted by molar-refractivity contribution is 0.0719. The van der Waals surface area contributed by atoms with Crippen molar-refractivity contribution < 1.29 is 22.7 Å². The molecule has 1 unspecified atom stereocenters. The third-order valence-electron chi connectivity index (χ3n) is 8.06. The van der Waals surface area contributed by atoms with Crippen LogP contribution in [0.2, 0.25) is 0 Å². The first kappa shape index (κ1) is 28.8. The van der Waals surface area contributed by atoms with Gasteiger partial charge in [0.25, 0.3) is 5.91 Å². The minimum absolute atomic E-state index is 0.187. The third-order valence-corrected chi connectivity index (χ3v) is 10.9. The summed E-state index contributed by atoms with van der Waals surface area (Å²) in [7, 11) is -4.08. The number of hydrogen-bond acceptors (Lipinski definition) is 7. The van der Waals surface area contributed by atoms with Gasteiger partial charge in [-0.25, -0.2) is 9.71 Å². The van der Waals surface area contributed by atoms with Crippen LogP contribution in [0.15, 0.2) is 48.1 Å². The highest BCUT2D eigenvalue weighted by molar-refractivity contribution is 7.87. The van der Waals surface area contributed by atoms with Gasteiger partial charge in [0, 0.05) is 18.0 Å². The highest BCUT2D eigenvalue weighted by Crippen LogP contribution is 2.41. The van der Waals surface area contributed by atoms with Crippen molar-refractivity contribution in [3.8, 4) is 16.3 Å². The lowest BCUT2D eigenvalue weighted by Gasteiger charge is -2.26. The van der Waals surface area contributed by atoms with Crippen LogP contribution in [0.5, 0.6) is 5.75 Å². The Kier molecular flexibility index (Phi) is 8.06. The molecular formula is C32H35N3O5S2. The Morgan fingerprint density at radius 2 is 1.90 bits per heavy atom. The second kappa shape index (κ2) is 11.8. The molecule has 0 radical (unpaired) electrons. The second-order valence-corrected chi connectivity index (χ2v) is 13.6. The van der Waals surface area contributed by atoms with Crippen LogP contribution < -0.4 is 9.46 Å². The molecule has 8 nitrogen and oxygen atoms in total. The molecule has 10 heteroatoms. The molecule has 1 amide bonds. The van der Waals surface area contributed by atoms with Gasteiger partial charge in [0.05, 0.1) is 40.3 Å². The Morgan fingerprint density at radius 3 is 2.64 bits per heavy atom. The Hall–Kier alpha value is -3.31. The fraction of sp³-hybridized carbons (Fsp3) is 0.375. The van der Waals surface area contributed by atoms with Gasteiger partial charge in [-0.05, 0) is 86.9 Å². The van der Waals surface area contributed by atoms with Gasteiger partial charge in [0.1, 0.15) is 11.9 Å². The highest BCUT2D eigenvalue weighted by Gasteiger charge is 2.29. The first-order chi connectivity index (χ1) is 20.2. The van der Waals surface area contributed by atoms with Crippen molar-refractivity contribution in [3.63, 3.8) is 0 Å². The minimum atomic E-state index is -4.08. The molecule has 2 aromatic heterocycles. The predicted octanol–water partition coefficient (Wildman–Crippen LogP) is 5.89. The van der Waals surface area contributed by atoms with E-state index in [-0.39, 0.29) is 38.0 Å². The van der Waals surface area contributed by atoms with E-state index in [0.717, 1.165) is 47.3 Å². The number of carbonyl (C=O) groups is 1. The van der Waals surface area contributed by atoms with Gasteiger partial charge in [0.2, 0.25) is 0 Å². The summed E-state index contributed by atoms with van der Waals surface area (Å²) in [4.78, 5) is 21.2. The van der Waals surface area contributed by atoms with Gasteiger partial charge in [0.15, 0.2) is 0 Å². The van der Waals surface area contributed by atoms with Gasteiger partial charge in [-0.15, -0.1) is 11.3 Å². The SMILES string of the molecule is Cc1c(-c2cc(C(=O)NS(=O)(=O)N3CCOCC3)c3c(OC(C)C4=CCCC=C4)ccc(C)c3n2)sc2c1CCC=C2. The van der Waals surface area contributed by atoms with Crippen LogP contribution in [0.1, 0.15) is 58.1 Å². The zero-order chi connectivity index (χ0) is 29.4. The van der Waals surface area contributed by atoms with Gasteiger partial charge < -0.3 is 9.47 Å². The van der Waals surface area contributed by atoms with Crippen molar-refractivity contribution in [2.45, 2.75) is 52.6 Å². The fourth-order valence-electron chi connectivity index (χ4n) is 5.73. The van der Waals surface area contributed by atoms with E-state index < -0.39 is 16.1 Å². The molecule has 1 saturated heterocycles. The average molecular weight is 606 g/mol. The van der Waals surface area contributed by atoms with Crippen LogP contribution in [-0.2, 0) is 21.4 Å². The number of nitrogens with zero attached hydrogens (tertiary/aromatic N) is 2. The molecule has 42 heavy (non-hydrogen) atoms. The van der Waals surface area contributed by atoms with Gasteiger partial charge in [-0.3, -0.25) is 4.79 Å². The average Bonchev–Trinajstić information content (AvgIpc) is 3.35. The normalized spacial score (nSPS) is 18.0. The molecule has 0 spiro atoms. The van der Waals surface area contributed by atoms with Gasteiger partial charge in [-0.1, -0.05) is 30.4 Å². The summed E-state index contributed by atoms with van der Waals surface area (Å²) in [5.74, 6) is -0.227. The lowest BCUT2D eigenvalue weighted by Crippen LogP contribution is -2.48. The predicted molar refractivity (Wildman–Crippen MR) is 167 cm³/mol. The summed E-state index contributed by atoms with van der Waals surface area (Å²) in [6, 6.07) is 5.50. The van der Waals surface area contributed by atoms with Gasteiger partial charge >= 0.3 is 10.2 Å².